The summed E-state index contributed by atoms with van der Waals surface area (Å²) in [5, 5.41) is 3.08. The molecule has 1 aliphatic rings. The number of para-hydroxylation sites is 1. The Morgan fingerprint density at radius 2 is 2.12 bits per heavy atom. The van der Waals surface area contributed by atoms with Gasteiger partial charge in [0.1, 0.15) is 0 Å². The lowest BCUT2D eigenvalue weighted by molar-refractivity contribution is -0.150. The van der Waals surface area contributed by atoms with Crippen LogP contribution in [0.5, 0.6) is 0 Å². The lowest BCUT2D eigenvalue weighted by atomic mass is 9.97. The summed E-state index contributed by atoms with van der Waals surface area (Å²) >= 11 is 0. The molecule has 5 nitrogen and oxygen atoms in total. The Morgan fingerprint density at radius 1 is 1.36 bits per heavy atom. The van der Waals surface area contributed by atoms with Crippen LogP contribution in [0, 0.1) is 12.8 Å². The SMILES string of the molecule is CCOC(=O)[C@@H]1CCCN(CC(=O)Nc2c(C)cccc2C(C)C)C1. The van der Waals surface area contributed by atoms with Gasteiger partial charge in [0.15, 0.2) is 0 Å². The lowest BCUT2D eigenvalue weighted by Gasteiger charge is -2.31. The highest BCUT2D eigenvalue weighted by Gasteiger charge is 2.28. The van der Waals surface area contributed by atoms with Crippen molar-refractivity contribution in [2.24, 2.45) is 5.92 Å². The third kappa shape index (κ3) is 5.30. The van der Waals surface area contributed by atoms with E-state index in [9.17, 15) is 9.59 Å². The van der Waals surface area contributed by atoms with Gasteiger partial charge in [-0.1, -0.05) is 32.0 Å². The number of likely N-dealkylation sites (tertiary alicyclic amines) is 1. The Hall–Kier alpha value is -1.88. The number of rotatable bonds is 6. The van der Waals surface area contributed by atoms with Crippen molar-refractivity contribution < 1.29 is 14.3 Å². The first-order valence-electron chi connectivity index (χ1n) is 9.20. The van der Waals surface area contributed by atoms with Gasteiger partial charge in [0.25, 0.3) is 0 Å². The maximum absolute atomic E-state index is 12.5. The lowest BCUT2D eigenvalue weighted by Crippen LogP contribution is -2.43. The minimum Gasteiger partial charge on any atom is -0.466 e. The number of nitrogens with zero attached hydrogens (tertiary/aromatic N) is 1. The van der Waals surface area contributed by atoms with Crippen LogP contribution in [0.3, 0.4) is 0 Å². The third-order valence-corrected chi connectivity index (χ3v) is 4.68. The number of aryl methyl sites for hydroxylation is 1. The third-order valence-electron chi connectivity index (χ3n) is 4.68. The summed E-state index contributed by atoms with van der Waals surface area (Å²) in [7, 11) is 0. The van der Waals surface area contributed by atoms with Gasteiger partial charge in [0.05, 0.1) is 19.1 Å². The summed E-state index contributed by atoms with van der Waals surface area (Å²) in [5.41, 5.74) is 3.14. The van der Waals surface area contributed by atoms with Crippen LogP contribution >= 0.6 is 0 Å². The zero-order valence-electron chi connectivity index (χ0n) is 15.8. The highest BCUT2D eigenvalue weighted by molar-refractivity contribution is 5.94. The molecule has 0 radical (unpaired) electrons. The Labute approximate surface area is 150 Å². The first-order chi connectivity index (χ1) is 11.9. The van der Waals surface area contributed by atoms with Crippen LogP contribution in [0.2, 0.25) is 0 Å². The Balaban J connectivity index is 1.98. The molecule has 1 heterocycles. The van der Waals surface area contributed by atoms with Crippen molar-refractivity contribution in [2.75, 3.05) is 31.6 Å². The van der Waals surface area contributed by atoms with Crippen molar-refractivity contribution in [2.45, 2.75) is 46.5 Å². The molecule has 1 aromatic rings. The molecule has 138 valence electrons. The summed E-state index contributed by atoms with van der Waals surface area (Å²) < 4.78 is 5.12. The highest BCUT2D eigenvalue weighted by Crippen LogP contribution is 2.27. The molecule has 2 rings (SSSR count). The van der Waals surface area contributed by atoms with Gasteiger partial charge in [0.2, 0.25) is 5.91 Å². The summed E-state index contributed by atoms with van der Waals surface area (Å²) in [6, 6.07) is 6.10. The average molecular weight is 346 g/mol. The van der Waals surface area contributed by atoms with Crippen molar-refractivity contribution in [3.63, 3.8) is 0 Å². The number of esters is 1. The van der Waals surface area contributed by atoms with E-state index in [-0.39, 0.29) is 17.8 Å². The van der Waals surface area contributed by atoms with Crippen molar-refractivity contribution in [1.82, 2.24) is 4.90 Å². The van der Waals surface area contributed by atoms with Crippen molar-refractivity contribution in [3.8, 4) is 0 Å². The van der Waals surface area contributed by atoms with Crippen LogP contribution in [0.25, 0.3) is 0 Å². The topological polar surface area (TPSA) is 58.6 Å². The summed E-state index contributed by atoms with van der Waals surface area (Å²) in [4.78, 5) is 26.5. The molecule has 0 spiro atoms. The molecule has 0 aromatic heterocycles. The second kappa shape index (κ2) is 8.99. The monoisotopic (exact) mass is 346 g/mol. The predicted molar refractivity (Wildman–Crippen MR) is 99.7 cm³/mol. The highest BCUT2D eigenvalue weighted by atomic mass is 16.5. The van der Waals surface area contributed by atoms with Crippen molar-refractivity contribution in [3.05, 3.63) is 29.3 Å². The molecule has 0 unspecified atom stereocenters. The van der Waals surface area contributed by atoms with Crippen LogP contribution < -0.4 is 5.32 Å². The molecule has 0 bridgehead atoms. The minimum atomic E-state index is -0.145. The van der Waals surface area contributed by atoms with E-state index < -0.39 is 0 Å². The Bertz CT molecular complexity index is 613. The zero-order chi connectivity index (χ0) is 18.4. The number of hydrogen-bond acceptors (Lipinski definition) is 4. The van der Waals surface area contributed by atoms with Gasteiger partial charge in [-0.25, -0.2) is 0 Å². The largest absolute Gasteiger partial charge is 0.466 e. The second-order valence-electron chi connectivity index (χ2n) is 7.07. The van der Waals surface area contributed by atoms with E-state index in [4.69, 9.17) is 4.74 Å². The van der Waals surface area contributed by atoms with E-state index in [1.807, 2.05) is 30.9 Å². The summed E-state index contributed by atoms with van der Waals surface area (Å²) in [5.74, 6) is 0.0545. The van der Waals surface area contributed by atoms with Gasteiger partial charge in [0, 0.05) is 12.2 Å². The number of benzene rings is 1. The standard InChI is InChI=1S/C20H30N2O3/c1-5-25-20(24)16-9-7-11-22(12-16)13-18(23)21-19-15(4)8-6-10-17(19)14(2)3/h6,8,10,14,16H,5,7,9,11-13H2,1-4H3,(H,21,23)/t16-/m1/s1. The van der Waals surface area contributed by atoms with Gasteiger partial charge in [-0.2, -0.15) is 0 Å². The van der Waals surface area contributed by atoms with Crippen LogP contribution in [0.15, 0.2) is 18.2 Å². The minimum absolute atomic E-state index is 0.0271. The fourth-order valence-electron chi connectivity index (χ4n) is 3.38. The molecule has 1 fully saturated rings. The summed E-state index contributed by atoms with van der Waals surface area (Å²) in [6.45, 7) is 10.2. The number of hydrogen-bond donors (Lipinski definition) is 1. The summed E-state index contributed by atoms with van der Waals surface area (Å²) in [6.07, 6.45) is 1.75. The van der Waals surface area contributed by atoms with Crippen molar-refractivity contribution >= 4 is 17.6 Å². The molecular weight excluding hydrogens is 316 g/mol. The molecular formula is C20H30N2O3. The molecule has 25 heavy (non-hydrogen) atoms. The van der Waals surface area contributed by atoms with Gasteiger partial charge in [-0.15, -0.1) is 0 Å². The smallest absolute Gasteiger partial charge is 0.310 e. The molecule has 5 heteroatoms. The first-order valence-corrected chi connectivity index (χ1v) is 9.20. The van der Waals surface area contributed by atoms with Gasteiger partial charge in [-0.3, -0.25) is 14.5 Å². The fourth-order valence-corrected chi connectivity index (χ4v) is 3.38. The van der Waals surface area contributed by atoms with Crippen LogP contribution in [0.1, 0.15) is 50.7 Å². The number of carbonyl (C=O) groups excluding carboxylic acids is 2. The normalized spacial score (nSPS) is 18.2. The fraction of sp³-hybridized carbons (Fsp3) is 0.600. The molecule has 1 atom stereocenters. The van der Waals surface area contributed by atoms with Crippen LogP contribution in [0.4, 0.5) is 5.69 Å². The molecule has 0 saturated carbocycles. The van der Waals surface area contributed by atoms with Crippen LogP contribution in [-0.2, 0) is 14.3 Å². The Kier molecular flexibility index (Phi) is 7.00. The van der Waals surface area contributed by atoms with Gasteiger partial charge < -0.3 is 10.1 Å². The van der Waals surface area contributed by atoms with Crippen molar-refractivity contribution in [1.29, 1.82) is 0 Å². The number of nitrogens with one attached hydrogen (secondary N) is 1. The molecule has 1 amide bonds. The van der Waals surface area contributed by atoms with E-state index in [1.165, 1.54) is 0 Å². The van der Waals surface area contributed by atoms with E-state index in [2.05, 4.69) is 25.2 Å². The quantitative estimate of drug-likeness (QED) is 0.803. The van der Waals surface area contributed by atoms with E-state index >= 15 is 0 Å². The van der Waals surface area contributed by atoms with E-state index in [0.29, 0.717) is 25.6 Å². The van der Waals surface area contributed by atoms with E-state index in [0.717, 1.165) is 36.2 Å². The number of amides is 1. The molecule has 1 aliphatic heterocycles. The van der Waals surface area contributed by atoms with Gasteiger partial charge in [-0.05, 0) is 50.3 Å². The number of piperidine rings is 1. The van der Waals surface area contributed by atoms with Crippen LogP contribution in [-0.4, -0.2) is 43.0 Å². The molecule has 0 aliphatic carbocycles. The number of anilines is 1. The zero-order valence-corrected chi connectivity index (χ0v) is 15.8. The second-order valence-corrected chi connectivity index (χ2v) is 7.07. The Morgan fingerprint density at radius 3 is 2.80 bits per heavy atom. The maximum atomic E-state index is 12.5. The first kappa shape index (κ1) is 19.4. The predicted octanol–water partition coefficient (Wildman–Crippen LogP) is 3.33. The number of ether oxygens (including phenoxy) is 1. The average Bonchev–Trinajstić information content (AvgIpc) is 2.57. The molecule has 1 aromatic carbocycles. The van der Waals surface area contributed by atoms with Gasteiger partial charge >= 0.3 is 5.97 Å². The molecule has 1 saturated heterocycles. The number of carbonyl (C=O) groups is 2. The van der Waals surface area contributed by atoms with E-state index in [1.54, 1.807) is 0 Å². The maximum Gasteiger partial charge on any atom is 0.310 e. The molecule has 1 N–H and O–H groups in total.